The summed E-state index contributed by atoms with van der Waals surface area (Å²) in [5, 5.41) is 0. The molecule has 7 nitrogen and oxygen atoms in total. The molecule has 0 spiro atoms. The van der Waals surface area contributed by atoms with Crippen LogP contribution in [0.3, 0.4) is 0 Å². The number of carbonyl (C=O) groups excluding carboxylic acids is 2. The van der Waals surface area contributed by atoms with Crippen molar-refractivity contribution in [3.8, 4) is 11.5 Å². The Balaban J connectivity index is 1.16. The van der Waals surface area contributed by atoms with Gasteiger partial charge in [-0.25, -0.2) is 0 Å². The minimum absolute atomic E-state index is 0.0267. The lowest BCUT2D eigenvalue weighted by Crippen LogP contribution is -2.51. The molecule has 1 unspecified atom stereocenters. The Morgan fingerprint density at radius 2 is 1.70 bits per heavy atom. The standard InChI is InChI=1S/C23H25N3O4/c27-22(19-8-9-26(23(19)28)18-4-2-1-3-5-18)25-12-10-24(11-13-25)15-17-6-7-20-21(14-17)30-16-29-20/h1-7,14,19H,8-13,15-16H2. The third-order valence-corrected chi connectivity index (χ3v) is 6.10. The minimum Gasteiger partial charge on any atom is -0.454 e. The first-order valence-corrected chi connectivity index (χ1v) is 10.4. The summed E-state index contributed by atoms with van der Waals surface area (Å²) in [6.45, 7) is 4.58. The lowest BCUT2D eigenvalue weighted by atomic mass is 10.1. The fourth-order valence-corrected chi connectivity index (χ4v) is 4.42. The van der Waals surface area contributed by atoms with Crippen molar-refractivity contribution < 1.29 is 19.1 Å². The number of benzene rings is 2. The van der Waals surface area contributed by atoms with Crippen molar-refractivity contribution in [3.63, 3.8) is 0 Å². The summed E-state index contributed by atoms with van der Waals surface area (Å²) in [7, 11) is 0. The molecule has 0 aromatic heterocycles. The number of hydrogen-bond acceptors (Lipinski definition) is 5. The van der Waals surface area contributed by atoms with Crippen molar-refractivity contribution in [2.24, 2.45) is 5.92 Å². The Kier molecular flexibility index (Phi) is 5.04. The van der Waals surface area contributed by atoms with Gasteiger partial charge in [-0.3, -0.25) is 14.5 Å². The fourth-order valence-electron chi connectivity index (χ4n) is 4.42. The van der Waals surface area contributed by atoms with E-state index in [0.717, 1.165) is 36.8 Å². The molecule has 0 aliphatic carbocycles. The second kappa shape index (κ2) is 7.99. The van der Waals surface area contributed by atoms with Crippen molar-refractivity contribution in [2.45, 2.75) is 13.0 Å². The van der Waals surface area contributed by atoms with Gasteiger partial charge < -0.3 is 19.3 Å². The predicted octanol–water partition coefficient (Wildman–Crippen LogP) is 2.11. The highest BCUT2D eigenvalue weighted by molar-refractivity contribution is 6.09. The Bertz CT molecular complexity index is 941. The van der Waals surface area contributed by atoms with Crippen molar-refractivity contribution in [1.29, 1.82) is 0 Å². The van der Waals surface area contributed by atoms with Crippen LogP contribution in [0, 0.1) is 5.92 Å². The van der Waals surface area contributed by atoms with Gasteiger partial charge >= 0.3 is 0 Å². The van der Waals surface area contributed by atoms with E-state index in [1.165, 1.54) is 5.56 Å². The van der Waals surface area contributed by atoms with Crippen molar-refractivity contribution >= 4 is 17.5 Å². The van der Waals surface area contributed by atoms with Crippen molar-refractivity contribution in [2.75, 3.05) is 44.4 Å². The number of nitrogens with zero attached hydrogens (tertiary/aromatic N) is 3. The van der Waals surface area contributed by atoms with Gasteiger partial charge in [0, 0.05) is 45.0 Å². The molecule has 7 heteroatoms. The molecule has 2 aromatic carbocycles. The predicted molar refractivity (Wildman–Crippen MR) is 111 cm³/mol. The smallest absolute Gasteiger partial charge is 0.239 e. The normalized spacial score (nSPS) is 21.3. The van der Waals surface area contributed by atoms with Crippen LogP contribution in [0.4, 0.5) is 5.69 Å². The Morgan fingerprint density at radius 1 is 0.933 bits per heavy atom. The molecule has 2 amide bonds. The number of hydrogen-bond donors (Lipinski definition) is 0. The molecule has 5 rings (SSSR count). The molecule has 0 N–H and O–H groups in total. The zero-order valence-electron chi connectivity index (χ0n) is 16.8. The maximum Gasteiger partial charge on any atom is 0.239 e. The summed E-state index contributed by atoms with van der Waals surface area (Å²) in [4.78, 5) is 31.8. The molecule has 1 atom stereocenters. The van der Waals surface area contributed by atoms with Crippen LogP contribution in [0.15, 0.2) is 48.5 Å². The summed E-state index contributed by atoms with van der Waals surface area (Å²) in [5.41, 5.74) is 2.04. The summed E-state index contributed by atoms with van der Waals surface area (Å²) >= 11 is 0. The van der Waals surface area contributed by atoms with Crippen LogP contribution in [-0.4, -0.2) is 61.1 Å². The van der Waals surface area contributed by atoms with Crippen LogP contribution in [0.2, 0.25) is 0 Å². The third-order valence-electron chi connectivity index (χ3n) is 6.10. The van der Waals surface area contributed by atoms with E-state index in [-0.39, 0.29) is 18.6 Å². The van der Waals surface area contributed by atoms with E-state index >= 15 is 0 Å². The number of piperazine rings is 1. The average Bonchev–Trinajstić information content (AvgIpc) is 3.40. The molecule has 2 saturated heterocycles. The number of fused-ring (bicyclic) bond motifs is 1. The fraction of sp³-hybridized carbons (Fsp3) is 0.391. The van der Waals surface area contributed by atoms with Crippen LogP contribution >= 0.6 is 0 Å². The zero-order valence-corrected chi connectivity index (χ0v) is 16.8. The van der Waals surface area contributed by atoms with E-state index in [4.69, 9.17) is 9.47 Å². The van der Waals surface area contributed by atoms with Gasteiger partial charge in [-0.15, -0.1) is 0 Å². The third kappa shape index (κ3) is 3.61. The van der Waals surface area contributed by atoms with Gasteiger partial charge in [0.15, 0.2) is 11.5 Å². The van der Waals surface area contributed by atoms with E-state index in [2.05, 4.69) is 11.0 Å². The van der Waals surface area contributed by atoms with Gasteiger partial charge in [-0.05, 0) is 36.2 Å². The van der Waals surface area contributed by atoms with E-state index in [1.54, 1.807) is 4.90 Å². The van der Waals surface area contributed by atoms with Gasteiger partial charge in [-0.1, -0.05) is 24.3 Å². The van der Waals surface area contributed by atoms with Crippen LogP contribution < -0.4 is 14.4 Å². The molecule has 3 aliphatic rings. The van der Waals surface area contributed by atoms with Crippen molar-refractivity contribution in [1.82, 2.24) is 9.80 Å². The van der Waals surface area contributed by atoms with E-state index < -0.39 is 5.92 Å². The number of ether oxygens (including phenoxy) is 2. The average molecular weight is 407 g/mol. The summed E-state index contributed by atoms with van der Waals surface area (Å²) in [5.74, 6) is 0.935. The Morgan fingerprint density at radius 3 is 2.50 bits per heavy atom. The molecule has 2 fully saturated rings. The quantitative estimate of drug-likeness (QED) is 0.727. The summed E-state index contributed by atoms with van der Waals surface area (Å²) in [6, 6.07) is 15.6. The summed E-state index contributed by atoms with van der Waals surface area (Å²) < 4.78 is 10.8. The van der Waals surface area contributed by atoms with Gasteiger partial charge in [0.25, 0.3) is 0 Å². The number of para-hydroxylation sites is 1. The first-order valence-electron chi connectivity index (χ1n) is 10.4. The van der Waals surface area contributed by atoms with E-state index in [0.29, 0.717) is 26.1 Å². The number of rotatable bonds is 4. The molecule has 0 bridgehead atoms. The summed E-state index contributed by atoms with van der Waals surface area (Å²) in [6.07, 6.45) is 0.587. The molecule has 2 aromatic rings. The Labute approximate surface area is 175 Å². The molecular weight excluding hydrogens is 382 g/mol. The van der Waals surface area contributed by atoms with Crippen molar-refractivity contribution in [3.05, 3.63) is 54.1 Å². The second-order valence-corrected chi connectivity index (χ2v) is 7.96. The van der Waals surface area contributed by atoms with E-state index in [1.807, 2.05) is 47.4 Å². The molecule has 156 valence electrons. The monoisotopic (exact) mass is 407 g/mol. The van der Waals surface area contributed by atoms with Crippen LogP contribution in [0.25, 0.3) is 0 Å². The minimum atomic E-state index is -0.550. The molecular formula is C23H25N3O4. The largest absolute Gasteiger partial charge is 0.454 e. The maximum absolute atomic E-state index is 13.0. The first kappa shape index (κ1) is 18.9. The topological polar surface area (TPSA) is 62.3 Å². The second-order valence-electron chi connectivity index (χ2n) is 7.96. The van der Waals surface area contributed by atoms with Crippen LogP contribution in [0.5, 0.6) is 11.5 Å². The molecule has 3 heterocycles. The van der Waals surface area contributed by atoms with Gasteiger partial charge in [0.2, 0.25) is 18.6 Å². The highest BCUT2D eigenvalue weighted by atomic mass is 16.7. The molecule has 0 saturated carbocycles. The number of carbonyl (C=O) groups is 2. The number of anilines is 1. The number of amides is 2. The van der Waals surface area contributed by atoms with Gasteiger partial charge in [0.05, 0.1) is 0 Å². The first-order chi connectivity index (χ1) is 14.7. The maximum atomic E-state index is 13.0. The Hall–Kier alpha value is -3.06. The molecule has 3 aliphatic heterocycles. The molecule has 30 heavy (non-hydrogen) atoms. The van der Waals surface area contributed by atoms with Gasteiger partial charge in [-0.2, -0.15) is 0 Å². The lowest BCUT2D eigenvalue weighted by molar-refractivity contribution is -0.141. The van der Waals surface area contributed by atoms with Crippen LogP contribution in [-0.2, 0) is 16.1 Å². The van der Waals surface area contributed by atoms with Gasteiger partial charge in [0.1, 0.15) is 5.92 Å². The highest BCUT2D eigenvalue weighted by Crippen LogP contribution is 2.33. The van der Waals surface area contributed by atoms with E-state index in [9.17, 15) is 9.59 Å². The SMILES string of the molecule is O=C(C1CCN(c2ccccc2)C1=O)N1CCN(Cc2ccc3c(c2)OCO3)CC1. The molecule has 0 radical (unpaired) electrons. The van der Waals surface area contributed by atoms with Crippen LogP contribution in [0.1, 0.15) is 12.0 Å². The highest BCUT2D eigenvalue weighted by Gasteiger charge is 2.40. The zero-order chi connectivity index (χ0) is 20.5. The lowest BCUT2D eigenvalue weighted by Gasteiger charge is -2.35.